The highest BCUT2D eigenvalue weighted by Gasteiger charge is 2.22. The van der Waals surface area contributed by atoms with E-state index in [1.165, 1.54) is 25.6 Å². The normalized spacial score (nSPS) is 18.0. The standard InChI is InChI=1S/C16H19N7S/c1-10-4-2-3-7-23(10)16-21-11-5-6-18-15(14(11)24-16)22-13-8-12(17)19-9-20-13/h5-6,8-10H,2-4,7H2,1H3,(H3,17,18,19,20,22)/t10-/m0/s1. The molecule has 1 aliphatic heterocycles. The molecule has 1 saturated heterocycles. The van der Waals surface area contributed by atoms with Crippen LogP contribution in [0.5, 0.6) is 0 Å². The molecular formula is C16H19N7S. The number of pyridine rings is 1. The molecule has 3 aromatic rings. The van der Waals surface area contributed by atoms with E-state index in [0.717, 1.165) is 27.7 Å². The first-order valence-corrected chi connectivity index (χ1v) is 8.89. The molecule has 124 valence electrons. The fourth-order valence-electron chi connectivity index (χ4n) is 3.00. The summed E-state index contributed by atoms with van der Waals surface area (Å²) < 4.78 is 1.03. The van der Waals surface area contributed by atoms with Crippen molar-refractivity contribution in [2.45, 2.75) is 32.2 Å². The van der Waals surface area contributed by atoms with Crippen molar-refractivity contribution in [3.05, 3.63) is 24.7 Å². The average Bonchev–Trinajstić information content (AvgIpc) is 3.00. The number of nitrogens with zero attached hydrogens (tertiary/aromatic N) is 5. The molecule has 0 bridgehead atoms. The van der Waals surface area contributed by atoms with Gasteiger partial charge in [0.15, 0.2) is 10.9 Å². The largest absolute Gasteiger partial charge is 0.384 e. The van der Waals surface area contributed by atoms with E-state index in [4.69, 9.17) is 10.7 Å². The first-order valence-electron chi connectivity index (χ1n) is 8.07. The van der Waals surface area contributed by atoms with E-state index in [1.807, 2.05) is 6.07 Å². The predicted octanol–water partition coefficient (Wildman–Crippen LogP) is 3.19. The van der Waals surface area contributed by atoms with E-state index in [-0.39, 0.29) is 0 Å². The summed E-state index contributed by atoms with van der Waals surface area (Å²) in [5.41, 5.74) is 6.67. The van der Waals surface area contributed by atoms with Crippen molar-refractivity contribution < 1.29 is 0 Å². The maximum Gasteiger partial charge on any atom is 0.186 e. The molecule has 3 aromatic heterocycles. The second-order valence-electron chi connectivity index (χ2n) is 6.00. The first-order chi connectivity index (χ1) is 11.7. The summed E-state index contributed by atoms with van der Waals surface area (Å²) in [5.74, 6) is 1.80. The van der Waals surface area contributed by atoms with Crippen LogP contribution in [0.4, 0.5) is 22.6 Å². The van der Waals surface area contributed by atoms with Crippen LogP contribution >= 0.6 is 11.3 Å². The Morgan fingerprint density at radius 3 is 3.04 bits per heavy atom. The summed E-state index contributed by atoms with van der Waals surface area (Å²) in [4.78, 5) is 19.8. The number of anilines is 4. The van der Waals surface area contributed by atoms with Gasteiger partial charge in [-0.05, 0) is 32.3 Å². The number of hydrogen-bond acceptors (Lipinski definition) is 8. The van der Waals surface area contributed by atoms with Gasteiger partial charge in [0.1, 0.15) is 18.0 Å². The summed E-state index contributed by atoms with van der Waals surface area (Å²) in [6.07, 6.45) is 6.94. The van der Waals surface area contributed by atoms with Crippen LogP contribution < -0.4 is 16.0 Å². The van der Waals surface area contributed by atoms with Gasteiger partial charge >= 0.3 is 0 Å². The van der Waals surface area contributed by atoms with Crippen molar-refractivity contribution in [3.63, 3.8) is 0 Å². The van der Waals surface area contributed by atoms with Crippen LogP contribution in [-0.2, 0) is 0 Å². The number of nitrogen functional groups attached to an aromatic ring is 1. The van der Waals surface area contributed by atoms with Gasteiger partial charge in [0, 0.05) is 24.8 Å². The smallest absolute Gasteiger partial charge is 0.186 e. The van der Waals surface area contributed by atoms with Crippen molar-refractivity contribution in [2.75, 3.05) is 22.5 Å². The van der Waals surface area contributed by atoms with Gasteiger partial charge in [-0.25, -0.2) is 19.9 Å². The summed E-state index contributed by atoms with van der Waals surface area (Å²) in [7, 11) is 0. The van der Waals surface area contributed by atoms with Crippen LogP contribution in [0.3, 0.4) is 0 Å². The summed E-state index contributed by atoms with van der Waals surface area (Å²) in [5, 5.41) is 4.29. The van der Waals surface area contributed by atoms with Crippen LogP contribution in [0, 0.1) is 0 Å². The zero-order chi connectivity index (χ0) is 16.5. The Bertz CT molecular complexity index is 863. The topological polar surface area (TPSA) is 92.9 Å². The molecule has 1 aliphatic rings. The van der Waals surface area contributed by atoms with E-state index in [0.29, 0.717) is 17.7 Å². The van der Waals surface area contributed by atoms with Gasteiger partial charge in [0.05, 0.1) is 10.2 Å². The lowest BCUT2D eigenvalue weighted by atomic mass is 10.1. The maximum absolute atomic E-state index is 5.71. The van der Waals surface area contributed by atoms with E-state index in [2.05, 4.69) is 32.1 Å². The molecule has 0 radical (unpaired) electrons. The van der Waals surface area contributed by atoms with Gasteiger partial charge in [0.25, 0.3) is 0 Å². The highest BCUT2D eigenvalue weighted by molar-refractivity contribution is 7.22. The minimum atomic E-state index is 0.423. The van der Waals surface area contributed by atoms with Gasteiger partial charge < -0.3 is 16.0 Å². The van der Waals surface area contributed by atoms with Crippen LogP contribution in [0.2, 0.25) is 0 Å². The zero-order valence-electron chi connectivity index (χ0n) is 13.4. The molecule has 4 heterocycles. The lowest BCUT2D eigenvalue weighted by molar-refractivity contribution is 0.484. The number of nitrogens with two attached hydrogens (primary N) is 1. The van der Waals surface area contributed by atoms with Gasteiger partial charge in [-0.15, -0.1) is 0 Å². The zero-order valence-corrected chi connectivity index (χ0v) is 14.3. The highest BCUT2D eigenvalue weighted by Crippen LogP contribution is 2.36. The number of hydrogen-bond donors (Lipinski definition) is 2. The van der Waals surface area contributed by atoms with Crippen LogP contribution in [0.15, 0.2) is 24.7 Å². The van der Waals surface area contributed by atoms with Crippen molar-refractivity contribution in [1.29, 1.82) is 0 Å². The number of thiazole rings is 1. The second-order valence-corrected chi connectivity index (χ2v) is 6.97. The number of fused-ring (bicyclic) bond motifs is 1. The SMILES string of the molecule is C[C@H]1CCCCN1c1nc2ccnc(Nc3cc(N)ncn3)c2s1. The molecule has 24 heavy (non-hydrogen) atoms. The second kappa shape index (κ2) is 6.20. The number of rotatable bonds is 3. The average molecular weight is 341 g/mol. The molecule has 0 saturated carbocycles. The van der Waals surface area contributed by atoms with E-state index < -0.39 is 0 Å². The monoisotopic (exact) mass is 341 g/mol. The van der Waals surface area contributed by atoms with Crippen molar-refractivity contribution in [1.82, 2.24) is 19.9 Å². The minimum absolute atomic E-state index is 0.423. The van der Waals surface area contributed by atoms with Gasteiger partial charge in [-0.2, -0.15) is 0 Å². The van der Waals surface area contributed by atoms with Crippen molar-refractivity contribution >= 4 is 44.1 Å². The third-order valence-corrected chi connectivity index (χ3v) is 5.39. The molecule has 7 nitrogen and oxygen atoms in total. The van der Waals surface area contributed by atoms with Gasteiger partial charge in [0.2, 0.25) is 0 Å². The molecular weight excluding hydrogens is 322 g/mol. The molecule has 3 N–H and O–H groups in total. The third-order valence-electron chi connectivity index (χ3n) is 4.28. The Labute approximate surface area is 144 Å². The van der Waals surface area contributed by atoms with E-state index in [9.17, 15) is 0 Å². The molecule has 0 aromatic carbocycles. The minimum Gasteiger partial charge on any atom is -0.384 e. The molecule has 1 atom stereocenters. The van der Waals surface area contributed by atoms with Crippen LogP contribution in [-0.4, -0.2) is 32.5 Å². The van der Waals surface area contributed by atoms with Gasteiger partial charge in [-0.3, -0.25) is 0 Å². The number of aromatic nitrogens is 4. The quantitative estimate of drug-likeness (QED) is 0.755. The fraction of sp³-hybridized carbons (Fsp3) is 0.375. The number of nitrogens with one attached hydrogen (secondary N) is 1. The van der Waals surface area contributed by atoms with Crippen molar-refractivity contribution in [2.24, 2.45) is 0 Å². The Morgan fingerprint density at radius 2 is 2.21 bits per heavy atom. The van der Waals surface area contributed by atoms with Crippen LogP contribution in [0.1, 0.15) is 26.2 Å². The Hall–Kier alpha value is -2.48. The predicted molar refractivity (Wildman–Crippen MR) is 97.8 cm³/mol. The molecule has 0 aliphatic carbocycles. The molecule has 0 amide bonds. The molecule has 1 fully saturated rings. The molecule has 4 rings (SSSR count). The highest BCUT2D eigenvalue weighted by atomic mass is 32.1. The van der Waals surface area contributed by atoms with Crippen LogP contribution in [0.25, 0.3) is 10.2 Å². The van der Waals surface area contributed by atoms with Gasteiger partial charge in [-0.1, -0.05) is 11.3 Å². The number of piperidine rings is 1. The first kappa shape index (κ1) is 15.1. The molecule has 0 spiro atoms. The Morgan fingerprint density at radius 1 is 1.29 bits per heavy atom. The third kappa shape index (κ3) is 2.84. The fourth-order valence-corrected chi connectivity index (χ4v) is 4.13. The molecule has 0 unspecified atom stereocenters. The van der Waals surface area contributed by atoms with Crippen molar-refractivity contribution in [3.8, 4) is 0 Å². The van der Waals surface area contributed by atoms with E-state index in [1.54, 1.807) is 23.6 Å². The lowest BCUT2D eigenvalue weighted by Crippen LogP contribution is -2.37. The van der Waals surface area contributed by atoms with E-state index >= 15 is 0 Å². The molecule has 8 heteroatoms. The summed E-state index contributed by atoms with van der Waals surface area (Å²) in [6, 6.07) is 4.17. The summed E-state index contributed by atoms with van der Waals surface area (Å²) in [6.45, 7) is 3.34. The maximum atomic E-state index is 5.71. The Kier molecular flexibility index (Phi) is 3.89. The summed E-state index contributed by atoms with van der Waals surface area (Å²) >= 11 is 1.67. The lowest BCUT2D eigenvalue weighted by Gasteiger charge is -2.32. The Balaban J connectivity index is 1.69.